The lowest BCUT2D eigenvalue weighted by molar-refractivity contribution is 0.547. The molecule has 0 amide bonds. The van der Waals surface area contributed by atoms with E-state index in [1.165, 1.54) is 12.1 Å². The van der Waals surface area contributed by atoms with E-state index in [1.807, 2.05) is 0 Å². The van der Waals surface area contributed by atoms with Gasteiger partial charge in [0.1, 0.15) is 5.82 Å². The van der Waals surface area contributed by atoms with Gasteiger partial charge in [-0.3, -0.25) is 0 Å². The van der Waals surface area contributed by atoms with Gasteiger partial charge in [0.2, 0.25) is 0 Å². The van der Waals surface area contributed by atoms with Crippen LogP contribution in [-0.2, 0) is 0 Å². The lowest BCUT2D eigenvalue weighted by atomic mass is 10.1. The van der Waals surface area contributed by atoms with Crippen molar-refractivity contribution in [1.29, 1.82) is 5.26 Å². The Morgan fingerprint density at radius 2 is 2.00 bits per heavy atom. The standard InChI is InChI=1S/C13H17FN2/c1-11(16-10-4-2-3-9-15)12-5-7-13(14)8-6-12/h5-8,11,16H,2-4,10H2,1H3/t11-/m0/s1. The van der Waals surface area contributed by atoms with Crippen LogP contribution in [0.1, 0.15) is 37.8 Å². The Morgan fingerprint density at radius 1 is 1.31 bits per heavy atom. The first kappa shape index (κ1) is 12.7. The summed E-state index contributed by atoms with van der Waals surface area (Å²) < 4.78 is 12.7. The predicted molar refractivity (Wildman–Crippen MR) is 62.3 cm³/mol. The summed E-state index contributed by atoms with van der Waals surface area (Å²) in [5.74, 6) is -0.204. The van der Waals surface area contributed by atoms with Gasteiger partial charge in [0.15, 0.2) is 0 Å². The van der Waals surface area contributed by atoms with E-state index in [2.05, 4.69) is 18.3 Å². The molecule has 1 aromatic rings. The molecule has 0 aliphatic heterocycles. The Kier molecular flexibility index (Phi) is 5.52. The highest BCUT2D eigenvalue weighted by Crippen LogP contribution is 2.12. The maximum absolute atomic E-state index is 12.7. The van der Waals surface area contributed by atoms with Gasteiger partial charge in [0.25, 0.3) is 0 Å². The molecule has 16 heavy (non-hydrogen) atoms. The Hall–Kier alpha value is -1.40. The van der Waals surface area contributed by atoms with Crippen LogP contribution >= 0.6 is 0 Å². The van der Waals surface area contributed by atoms with Gasteiger partial charge in [0, 0.05) is 12.5 Å². The normalized spacial score (nSPS) is 12.1. The van der Waals surface area contributed by atoms with Crippen LogP contribution in [0.25, 0.3) is 0 Å². The third-order valence-corrected chi connectivity index (χ3v) is 2.54. The van der Waals surface area contributed by atoms with E-state index in [0.717, 1.165) is 24.9 Å². The fourth-order valence-electron chi connectivity index (χ4n) is 1.52. The number of nitrogens with zero attached hydrogens (tertiary/aromatic N) is 1. The van der Waals surface area contributed by atoms with E-state index in [4.69, 9.17) is 5.26 Å². The molecule has 1 aromatic carbocycles. The Labute approximate surface area is 96.1 Å². The number of halogens is 1. The molecular formula is C13H17FN2. The first-order valence-electron chi connectivity index (χ1n) is 5.60. The van der Waals surface area contributed by atoms with E-state index in [-0.39, 0.29) is 11.9 Å². The third kappa shape index (κ3) is 4.41. The largest absolute Gasteiger partial charge is 0.310 e. The first-order valence-corrected chi connectivity index (χ1v) is 5.60. The van der Waals surface area contributed by atoms with E-state index in [0.29, 0.717) is 6.42 Å². The highest BCUT2D eigenvalue weighted by atomic mass is 19.1. The summed E-state index contributed by atoms with van der Waals surface area (Å²) >= 11 is 0. The van der Waals surface area contributed by atoms with E-state index in [1.54, 1.807) is 12.1 Å². The molecule has 1 rings (SSSR count). The fourth-order valence-corrected chi connectivity index (χ4v) is 1.52. The van der Waals surface area contributed by atoms with Crippen molar-refractivity contribution in [2.75, 3.05) is 6.54 Å². The second-order valence-corrected chi connectivity index (χ2v) is 3.84. The smallest absolute Gasteiger partial charge is 0.123 e. The Bertz CT molecular complexity index is 340. The molecule has 1 N–H and O–H groups in total. The Morgan fingerprint density at radius 3 is 2.62 bits per heavy atom. The van der Waals surface area contributed by atoms with Crippen LogP contribution in [0.15, 0.2) is 24.3 Å². The number of nitrogens with one attached hydrogen (secondary N) is 1. The van der Waals surface area contributed by atoms with Gasteiger partial charge in [-0.25, -0.2) is 4.39 Å². The molecule has 86 valence electrons. The average molecular weight is 220 g/mol. The fraction of sp³-hybridized carbons (Fsp3) is 0.462. The highest BCUT2D eigenvalue weighted by Gasteiger charge is 2.03. The average Bonchev–Trinajstić information content (AvgIpc) is 2.29. The maximum atomic E-state index is 12.7. The summed E-state index contributed by atoms with van der Waals surface area (Å²) in [6.07, 6.45) is 2.55. The zero-order valence-corrected chi connectivity index (χ0v) is 9.54. The van der Waals surface area contributed by atoms with E-state index < -0.39 is 0 Å². The van der Waals surface area contributed by atoms with Gasteiger partial charge in [0.05, 0.1) is 6.07 Å². The van der Waals surface area contributed by atoms with Crippen LogP contribution in [0.4, 0.5) is 4.39 Å². The Balaban J connectivity index is 2.27. The van der Waals surface area contributed by atoms with Crippen LogP contribution in [0.2, 0.25) is 0 Å². The number of hydrogen-bond donors (Lipinski definition) is 1. The van der Waals surface area contributed by atoms with Crippen molar-refractivity contribution >= 4 is 0 Å². The molecule has 0 fully saturated rings. The van der Waals surface area contributed by atoms with Crippen molar-refractivity contribution in [1.82, 2.24) is 5.32 Å². The summed E-state index contributed by atoms with van der Waals surface area (Å²) in [6, 6.07) is 8.89. The minimum Gasteiger partial charge on any atom is -0.310 e. The summed E-state index contributed by atoms with van der Waals surface area (Å²) in [6.45, 7) is 2.94. The van der Waals surface area contributed by atoms with Crippen molar-refractivity contribution in [3.8, 4) is 6.07 Å². The number of hydrogen-bond acceptors (Lipinski definition) is 2. The second kappa shape index (κ2) is 6.97. The lowest BCUT2D eigenvalue weighted by Gasteiger charge is -2.13. The number of benzene rings is 1. The zero-order valence-electron chi connectivity index (χ0n) is 9.54. The number of unbranched alkanes of at least 4 members (excludes halogenated alkanes) is 2. The zero-order chi connectivity index (χ0) is 11.8. The minimum atomic E-state index is -0.204. The lowest BCUT2D eigenvalue weighted by Crippen LogP contribution is -2.19. The molecule has 0 saturated heterocycles. The van der Waals surface area contributed by atoms with Crippen LogP contribution in [0.3, 0.4) is 0 Å². The van der Waals surface area contributed by atoms with Crippen LogP contribution in [-0.4, -0.2) is 6.54 Å². The molecule has 0 aliphatic rings. The van der Waals surface area contributed by atoms with Gasteiger partial charge in [-0.05, 0) is 44.0 Å². The third-order valence-electron chi connectivity index (χ3n) is 2.54. The summed E-state index contributed by atoms with van der Waals surface area (Å²) in [5.41, 5.74) is 1.08. The molecular weight excluding hydrogens is 203 g/mol. The van der Waals surface area contributed by atoms with Crippen molar-refractivity contribution in [3.05, 3.63) is 35.6 Å². The van der Waals surface area contributed by atoms with Crippen molar-refractivity contribution in [2.45, 2.75) is 32.2 Å². The van der Waals surface area contributed by atoms with Crippen LogP contribution < -0.4 is 5.32 Å². The van der Waals surface area contributed by atoms with Crippen LogP contribution in [0.5, 0.6) is 0 Å². The van der Waals surface area contributed by atoms with Crippen LogP contribution in [0, 0.1) is 17.1 Å². The molecule has 0 aromatic heterocycles. The van der Waals surface area contributed by atoms with Gasteiger partial charge in [-0.15, -0.1) is 0 Å². The SMILES string of the molecule is C[C@H](NCCCCC#N)c1ccc(F)cc1. The van der Waals surface area contributed by atoms with E-state index in [9.17, 15) is 4.39 Å². The summed E-state index contributed by atoms with van der Waals surface area (Å²) in [4.78, 5) is 0. The molecule has 0 saturated carbocycles. The molecule has 0 heterocycles. The second-order valence-electron chi connectivity index (χ2n) is 3.84. The predicted octanol–water partition coefficient (Wildman–Crippen LogP) is 3.17. The molecule has 3 heteroatoms. The molecule has 0 unspecified atom stereocenters. The van der Waals surface area contributed by atoms with E-state index >= 15 is 0 Å². The van der Waals surface area contributed by atoms with Crippen molar-refractivity contribution in [2.24, 2.45) is 0 Å². The first-order chi connectivity index (χ1) is 7.74. The van der Waals surface area contributed by atoms with Gasteiger partial charge < -0.3 is 5.32 Å². The maximum Gasteiger partial charge on any atom is 0.123 e. The molecule has 0 radical (unpaired) electrons. The highest BCUT2D eigenvalue weighted by molar-refractivity contribution is 5.19. The molecule has 1 atom stereocenters. The minimum absolute atomic E-state index is 0.204. The van der Waals surface area contributed by atoms with Crippen molar-refractivity contribution < 1.29 is 4.39 Å². The van der Waals surface area contributed by atoms with Gasteiger partial charge in [-0.1, -0.05) is 12.1 Å². The molecule has 0 aliphatic carbocycles. The van der Waals surface area contributed by atoms with Crippen molar-refractivity contribution in [3.63, 3.8) is 0 Å². The molecule has 2 nitrogen and oxygen atoms in total. The summed E-state index contributed by atoms with van der Waals surface area (Å²) in [5, 5.41) is 11.7. The quantitative estimate of drug-likeness (QED) is 0.747. The molecule has 0 bridgehead atoms. The monoisotopic (exact) mass is 220 g/mol. The topological polar surface area (TPSA) is 35.8 Å². The number of nitriles is 1. The molecule has 0 spiro atoms. The number of rotatable bonds is 6. The van der Waals surface area contributed by atoms with Gasteiger partial charge >= 0.3 is 0 Å². The van der Waals surface area contributed by atoms with Gasteiger partial charge in [-0.2, -0.15) is 5.26 Å². The summed E-state index contributed by atoms with van der Waals surface area (Å²) in [7, 11) is 0.